The van der Waals surface area contributed by atoms with E-state index in [4.69, 9.17) is 19.9 Å². The number of hydrogen-bond donors (Lipinski definition) is 1. The second-order valence-electron chi connectivity index (χ2n) is 3.14. The molecule has 0 heterocycles. The summed E-state index contributed by atoms with van der Waals surface area (Å²) in [5.41, 5.74) is 6.45. The van der Waals surface area contributed by atoms with Gasteiger partial charge in [0.05, 0.1) is 25.5 Å². The molecule has 16 heavy (non-hydrogen) atoms. The average Bonchev–Trinajstić information content (AvgIpc) is 2.26. The van der Waals surface area contributed by atoms with Crippen LogP contribution in [0.15, 0.2) is 18.2 Å². The van der Waals surface area contributed by atoms with E-state index in [1.54, 1.807) is 7.11 Å². The molecule has 0 atom stereocenters. The van der Waals surface area contributed by atoms with Gasteiger partial charge < -0.3 is 19.9 Å². The van der Waals surface area contributed by atoms with Crippen LogP contribution in [-0.4, -0.2) is 33.5 Å². The summed E-state index contributed by atoms with van der Waals surface area (Å²) in [6.07, 6.45) is 0. The highest BCUT2D eigenvalue weighted by Crippen LogP contribution is 2.22. The van der Waals surface area contributed by atoms with E-state index in [0.717, 1.165) is 3.57 Å². The number of nitrogen functional groups attached to an aromatic ring is 1. The third kappa shape index (κ3) is 5.00. The van der Waals surface area contributed by atoms with Gasteiger partial charge in [-0.15, -0.1) is 0 Å². The van der Waals surface area contributed by atoms with E-state index in [0.29, 0.717) is 37.9 Å². The summed E-state index contributed by atoms with van der Waals surface area (Å²) >= 11 is 2.21. The van der Waals surface area contributed by atoms with E-state index in [1.165, 1.54) is 0 Å². The number of benzene rings is 1. The molecule has 1 aromatic rings. The van der Waals surface area contributed by atoms with Gasteiger partial charge in [-0.25, -0.2) is 0 Å². The van der Waals surface area contributed by atoms with Crippen LogP contribution in [0.4, 0.5) is 5.69 Å². The lowest BCUT2D eigenvalue weighted by Gasteiger charge is -2.09. The minimum atomic E-state index is 0.495. The predicted octanol–water partition coefficient (Wildman–Crippen LogP) is 1.92. The van der Waals surface area contributed by atoms with Crippen LogP contribution in [0.2, 0.25) is 0 Å². The van der Waals surface area contributed by atoms with E-state index in [-0.39, 0.29) is 0 Å². The molecular weight excluding hydrogens is 321 g/mol. The summed E-state index contributed by atoms with van der Waals surface area (Å²) in [6.45, 7) is 2.22. The molecule has 0 fully saturated rings. The van der Waals surface area contributed by atoms with Crippen molar-refractivity contribution in [1.82, 2.24) is 0 Å². The average molecular weight is 337 g/mol. The molecule has 0 bridgehead atoms. The molecule has 5 heteroatoms. The third-order valence-electron chi connectivity index (χ3n) is 1.89. The number of rotatable bonds is 7. The van der Waals surface area contributed by atoms with Crippen molar-refractivity contribution in [3.8, 4) is 5.75 Å². The van der Waals surface area contributed by atoms with Crippen LogP contribution in [0.25, 0.3) is 0 Å². The Hall–Kier alpha value is -0.530. The van der Waals surface area contributed by atoms with Gasteiger partial charge >= 0.3 is 0 Å². The van der Waals surface area contributed by atoms with Crippen LogP contribution >= 0.6 is 22.6 Å². The largest absolute Gasteiger partial charge is 0.489 e. The normalized spacial score (nSPS) is 10.4. The fourth-order valence-corrected chi connectivity index (χ4v) is 1.62. The SMILES string of the molecule is COCCOCCOc1ccc(I)cc1N. The zero-order valence-electron chi connectivity index (χ0n) is 9.24. The Labute approximate surface area is 109 Å². The molecule has 0 saturated carbocycles. The van der Waals surface area contributed by atoms with Crippen LogP contribution in [0.3, 0.4) is 0 Å². The summed E-state index contributed by atoms with van der Waals surface area (Å²) < 4.78 is 16.7. The Bertz CT molecular complexity index is 320. The Morgan fingerprint density at radius 3 is 2.62 bits per heavy atom. The van der Waals surface area contributed by atoms with Crippen molar-refractivity contribution in [2.45, 2.75) is 0 Å². The fraction of sp³-hybridized carbons (Fsp3) is 0.455. The van der Waals surface area contributed by atoms with Crippen LogP contribution in [-0.2, 0) is 9.47 Å². The second kappa shape index (κ2) is 7.70. The maximum absolute atomic E-state index is 5.79. The van der Waals surface area contributed by atoms with Crippen molar-refractivity contribution in [3.05, 3.63) is 21.8 Å². The number of halogens is 1. The van der Waals surface area contributed by atoms with Crippen molar-refractivity contribution in [2.75, 3.05) is 39.3 Å². The number of hydrogen-bond acceptors (Lipinski definition) is 4. The van der Waals surface area contributed by atoms with E-state index in [9.17, 15) is 0 Å². The minimum Gasteiger partial charge on any atom is -0.489 e. The monoisotopic (exact) mass is 337 g/mol. The van der Waals surface area contributed by atoms with Gasteiger partial charge in [0, 0.05) is 10.7 Å². The standard InChI is InChI=1S/C11H16INO3/c1-14-4-5-15-6-7-16-11-3-2-9(12)8-10(11)13/h2-3,8H,4-7,13H2,1H3. The maximum atomic E-state index is 5.79. The highest BCUT2D eigenvalue weighted by Gasteiger charge is 2.00. The van der Waals surface area contributed by atoms with Crippen molar-refractivity contribution in [1.29, 1.82) is 0 Å². The smallest absolute Gasteiger partial charge is 0.142 e. The van der Waals surface area contributed by atoms with Crippen molar-refractivity contribution < 1.29 is 14.2 Å². The Morgan fingerprint density at radius 2 is 1.94 bits per heavy atom. The first kappa shape index (κ1) is 13.5. The zero-order chi connectivity index (χ0) is 11.8. The van der Waals surface area contributed by atoms with Gasteiger partial charge in [-0.05, 0) is 40.8 Å². The quantitative estimate of drug-likeness (QED) is 0.469. The van der Waals surface area contributed by atoms with E-state index in [1.807, 2.05) is 18.2 Å². The second-order valence-corrected chi connectivity index (χ2v) is 4.38. The molecule has 0 unspecified atom stereocenters. The van der Waals surface area contributed by atoms with E-state index < -0.39 is 0 Å². The van der Waals surface area contributed by atoms with Crippen LogP contribution in [0.1, 0.15) is 0 Å². The van der Waals surface area contributed by atoms with Gasteiger partial charge in [-0.2, -0.15) is 0 Å². The highest BCUT2D eigenvalue weighted by molar-refractivity contribution is 14.1. The number of anilines is 1. The van der Waals surface area contributed by atoms with Crippen LogP contribution in [0.5, 0.6) is 5.75 Å². The molecule has 0 amide bonds. The van der Waals surface area contributed by atoms with Crippen molar-refractivity contribution in [2.24, 2.45) is 0 Å². The topological polar surface area (TPSA) is 53.7 Å². The number of nitrogens with two attached hydrogens (primary N) is 1. The van der Waals surface area contributed by atoms with Gasteiger partial charge in [-0.1, -0.05) is 0 Å². The van der Waals surface area contributed by atoms with Crippen molar-refractivity contribution in [3.63, 3.8) is 0 Å². The summed E-state index contributed by atoms with van der Waals surface area (Å²) in [6, 6.07) is 5.70. The first-order valence-electron chi connectivity index (χ1n) is 4.98. The molecule has 2 N–H and O–H groups in total. The van der Waals surface area contributed by atoms with E-state index in [2.05, 4.69) is 22.6 Å². The maximum Gasteiger partial charge on any atom is 0.142 e. The van der Waals surface area contributed by atoms with Gasteiger partial charge in [0.15, 0.2) is 0 Å². The summed E-state index contributed by atoms with van der Waals surface area (Å²) in [7, 11) is 1.64. The summed E-state index contributed by atoms with van der Waals surface area (Å²) in [5, 5.41) is 0. The molecule has 0 aliphatic carbocycles. The highest BCUT2D eigenvalue weighted by atomic mass is 127. The fourth-order valence-electron chi connectivity index (χ4n) is 1.11. The number of methoxy groups -OCH3 is 1. The molecule has 0 aliphatic heterocycles. The zero-order valence-corrected chi connectivity index (χ0v) is 11.4. The lowest BCUT2D eigenvalue weighted by molar-refractivity contribution is 0.0545. The lowest BCUT2D eigenvalue weighted by Crippen LogP contribution is -2.10. The Balaban J connectivity index is 2.21. The molecule has 0 aliphatic rings. The molecular formula is C11H16INO3. The molecule has 0 spiro atoms. The molecule has 1 rings (SSSR count). The Morgan fingerprint density at radius 1 is 1.19 bits per heavy atom. The van der Waals surface area contributed by atoms with Gasteiger partial charge in [0.25, 0.3) is 0 Å². The van der Waals surface area contributed by atoms with Crippen LogP contribution < -0.4 is 10.5 Å². The van der Waals surface area contributed by atoms with Gasteiger partial charge in [0.1, 0.15) is 12.4 Å². The first-order valence-corrected chi connectivity index (χ1v) is 6.06. The summed E-state index contributed by atoms with van der Waals surface area (Å²) in [4.78, 5) is 0. The van der Waals surface area contributed by atoms with Gasteiger partial charge in [0.2, 0.25) is 0 Å². The molecule has 0 aromatic heterocycles. The minimum absolute atomic E-state index is 0.495. The van der Waals surface area contributed by atoms with Gasteiger partial charge in [-0.3, -0.25) is 0 Å². The van der Waals surface area contributed by atoms with E-state index >= 15 is 0 Å². The Kier molecular flexibility index (Phi) is 6.51. The molecule has 0 radical (unpaired) electrons. The molecule has 90 valence electrons. The third-order valence-corrected chi connectivity index (χ3v) is 2.56. The number of ether oxygens (including phenoxy) is 3. The molecule has 1 aromatic carbocycles. The summed E-state index contributed by atoms with van der Waals surface area (Å²) in [5.74, 6) is 0.704. The predicted molar refractivity (Wildman–Crippen MR) is 71.8 cm³/mol. The van der Waals surface area contributed by atoms with Crippen molar-refractivity contribution >= 4 is 28.3 Å². The lowest BCUT2D eigenvalue weighted by atomic mass is 10.3. The molecule has 0 saturated heterocycles. The molecule has 4 nitrogen and oxygen atoms in total. The van der Waals surface area contributed by atoms with Crippen LogP contribution in [0, 0.1) is 3.57 Å². The first-order chi connectivity index (χ1) is 7.74.